The molecule has 1 aromatic rings. The van der Waals surface area contributed by atoms with Crippen molar-refractivity contribution in [3.05, 3.63) is 15.7 Å². The van der Waals surface area contributed by atoms with Crippen LogP contribution in [-0.4, -0.2) is 12.8 Å². The zero-order valence-electron chi connectivity index (χ0n) is 6.48. The standard InChI is InChI=1S/C7H8BBrN2/c1-3-5(10)4(2)7(9)11-6(3)8/h1-2H3,(H2,10,11). The minimum atomic E-state index is 0.486. The van der Waals surface area contributed by atoms with Crippen LogP contribution in [0.2, 0.25) is 0 Å². The van der Waals surface area contributed by atoms with Gasteiger partial charge in [-0.05, 0) is 40.9 Å². The van der Waals surface area contributed by atoms with Crippen LogP contribution >= 0.6 is 15.9 Å². The average Bonchev–Trinajstić information content (AvgIpc) is 1.97. The van der Waals surface area contributed by atoms with Gasteiger partial charge in [0, 0.05) is 11.3 Å². The van der Waals surface area contributed by atoms with Gasteiger partial charge >= 0.3 is 0 Å². The highest BCUT2D eigenvalue weighted by atomic mass is 79.9. The fourth-order valence-electron chi connectivity index (χ4n) is 0.804. The summed E-state index contributed by atoms with van der Waals surface area (Å²) < 4.78 is 0.720. The number of hydrogen-bond donors (Lipinski definition) is 1. The summed E-state index contributed by atoms with van der Waals surface area (Å²) in [4.78, 5) is 4.05. The molecule has 2 N–H and O–H groups in total. The van der Waals surface area contributed by atoms with Crippen molar-refractivity contribution < 1.29 is 0 Å². The molecule has 1 aromatic heterocycles. The smallest absolute Gasteiger partial charge is 0.142 e. The van der Waals surface area contributed by atoms with Gasteiger partial charge in [0.15, 0.2) is 0 Å². The molecule has 0 spiro atoms. The van der Waals surface area contributed by atoms with E-state index < -0.39 is 0 Å². The molecule has 1 rings (SSSR count). The van der Waals surface area contributed by atoms with Crippen LogP contribution < -0.4 is 11.3 Å². The Hall–Kier alpha value is -0.505. The molecule has 1 heterocycles. The summed E-state index contributed by atoms with van der Waals surface area (Å²) in [5.41, 5.74) is 8.73. The monoisotopic (exact) mass is 210 g/mol. The molecule has 0 bridgehead atoms. The maximum atomic E-state index is 5.73. The highest BCUT2D eigenvalue weighted by Gasteiger charge is 2.05. The fraction of sp³-hybridized carbons (Fsp3) is 0.286. The summed E-state index contributed by atoms with van der Waals surface area (Å²) in [5.74, 6) is 0. The first kappa shape index (κ1) is 8.59. The van der Waals surface area contributed by atoms with Crippen molar-refractivity contribution in [3.63, 3.8) is 0 Å². The molecule has 56 valence electrons. The molecule has 0 unspecified atom stereocenters. The first-order valence-corrected chi connectivity index (χ1v) is 4.01. The Morgan fingerprint density at radius 3 is 2.45 bits per heavy atom. The van der Waals surface area contributed by atoms with Crippen LogP contribution in [-0.2, 0) is 0 Å². The summed E-state index contributed by atoms with van der Waals surface area (Å²) >= 11 is 3.26. The molecule has 11 heavy (non-hydrogen) atoms. The number of hydrogen-bond acceptors (Lipinski definition) is 2. The molecule has 0 aliphatic rings. The van der Waals surface area contributed by atoms with E-state index in [1.54, 1.807) is 0 Å². The van der Waals surface area contributed by atoms with Crippen molar-refractivity contribution in [2.75, 3.05) is 5.73 Å². The third kappa shape index (κ3) is 1.40. The van der Waals surface area contributed by atoms with Crippen LogP contribution in [0.4, 0.5) is 5.69 Å². The van der Waals surface area contributed by atoms with Crippen LogP contribution in [0.3, 0.4) is 0 Å². The van der Waals surface area contributed by atoms with Gasteiger partial charge in [0.05, 0.1) is 0 Å². The predicted molar refractivity (Wildman–Crippen MR) is 51.2 cm³/mol. The van der Waals surface area contributed by atoms with Crippen molar-refractivity contribution in [2.45, 2.75) is 13.8 Å². The van der Waals surface area contributed by atoms with Crippen LogP contribution in [0.25, 0.3) is 0 Å². The molecule has 0 fully saturated rings. The quantitative estimate of drug-likeness (QED) is 0.509. The first-order chi connectivity index (χ1) is 5.04. The third-order valence-corrected chi connectivity index (χ3v) is 2.49. The van der Waals surface area contributed by atoms with E-state index in [2.05, 4.69) is 20.9 Å². The lowest BCUT2D eigenvalue weighted by atomic mass is 9.96. The van der Waals surface area contributed by atoms with Crippen molar-refractivity contribution in [1.29, 1.82) is 0 Å². The third-order valence-electron chi connectivity index (χ3n) is 1.72. The molecule has 4 heteroatoms. The molecule has 0 atom stereocenters. The van der Waals surface area contributed by atoms with Gasteiger partial charge in [0.25, 0.3) is 0 Å². The lowest BCUT2D eigenvalue weighted by molar-refractivity contribution is 1.23. The Morgan fingerprint density at radius 1 is 1.36 bits per heavy atom. The maximum absolute atomic E-state index is 5.73. The lowest BCUT2D eigenvalue weighted by Gasteiger charge is -2.08. The molecule has 0 saturated heterocycles. The second-order valence-corrected chi connectivity index (χ2v) is 3.20. The minimum absolute atomic E-state index is 0.486. The molecular formula is C7H8BBrN2. The largest absolute Gasteiger partial charge is 0.398 e. The average molecular weight is 211 g/mol. The van der Waals surface area contributed by atoms with E-state index in [-0.39, 0.29) is 0 Å². The second kappa shape index (κ2) is 2.85. The summed E-state index contributed by atoms with van der Waals surface area (Å²) in [6.07, 6.45) is 0. The Labute approximate surface area is 75.7 Å². The van der Waals surface area contributed by atoms with E-state index in [1.165, 1.54) is 0 Å². The van der Waals surface area contributed by atoms with Crippen molar-refractivity contribution in [2.24, 2.45) is 0 Å². The number of rotatable bonds is 0. The van der Waals surface area contributed by atoms with Gasteiger partial charge in [-0.3, -0.25) is 4.98 Å². The number of nitrogen functional groups attached to an aromatic ring is 1. The zero-order chi connectivity index (χ0) is 8.59. The van der Waals surface area contributed by atoms with Crippen LogP contribution in [0.1, 0.15) is 11.1 Å². The second-order valence-electron chi connectivity index (χ2n) is 2.45. The number of nitrogens with two attached hydrogens (primary N) is 1. The van der Waals surface area contributed by atoms with E-state index in [9.17, 15) is 0 Å². The fourth-order valence-corrected chi connectivity index (χ4v) is 1.21. The molecular weight excluding hydrogens is 203 g/mol. The van der Waals surface area contributed by atoms with Gasteiger partial charge < -0.3 is 5.73 Å². The highest BCUT2D eigenvalue weighted by molar-refractivity contribution is 9.10. The molecule has 0 aliphatic heterocycles. The van der Waals surface area contributed by atoms with E-state index in [4.69, 9.17) is 13.6 Å². The minimum Gasteiger partial charge on any atom is -0.398 e. The van der Waals surface area contributed by atoms with Crippen molar-refractivity contribution in [3.8, 4) is 0 Å². The number of anilines is 1. The SMILES string of the molecule is [B]c1nc(Br)c(C)c(N)c1C. The van der Waals surface area contributed by atoms with Crippen molar-refractivity contribution in [1.82, 2.24) is 4.98 Å². The van der Waals surface area contributed by atoms with E-state index in [0.717, 1.165) is 15.7 Å². The Morgan fingerprint density at radius 2 is 1.91 bits per heavy atom. The van der Waals surface area contributed by atoms with Crippen LogP contribution in [0.15, 0.2) is 4.60 Å². The van der Waals surface area contributed by atoms with Crippen molar-refractivity contribution >= 4 is 35.1 Å². The van der Waals surface area contributed by atoms with Gasteiger partial charge in [0.2, 0.25) is 0 Å². The summed E-state index contributed by atoms with van der Waals surface area (Å²) in [6, 6.07) is 0. The molecule has 2 radical (unpaired) electrons. The van der Waals surface area contributed by atoms with Gasteiger partial charge in [-0.2, -0.15) is 0 Å². The molecule has 2 nitrogen and oxygen atoms in total. The lowest BCUT2D eigenvalue weighted by Crippen LogP contribution is -2.16. The molecule has 0 amide bonds. The van der Waals surface area contributed by atoms with Gasteiger partial charge in [-0.15, -0.1) is 0 Å². The summed E-state index contributed by atoms with van der Waals surface area (Å²) in [5, 5.41) is 0. The summed E-state index contributed by atoms with van der Waals surface area (Å²) in [6.45, 7) is 3.76. The van der Waals surface area contributed by atoms with E-state index >= 15 is 0 Å². The van der Waals surface area contributed by atoms with E-state index in [0.29, 0.717) is 11.3 Å². The topological polar surface area (TPSA) is 38.9 Å². The number of halogens is 1. The normalized spacial score (nSPS) is 10.1. The number of nitrogens with zero attached hydrogens (tertiary/aromatic N) is 1. The predicted octanol–water partition coefficient (Wildman–Crippen LogP) is 0.837. The van der Waals surface area contributed by atoms with Crippen LogP contribution in [0, 0.1) is 13.8 Å². The molecule has 0 aromatic carbocycles. The van der Waals surface area contributed by atoms with Gasteiger partial charge in [-0.25, -0.2) is 0 Å². The number of aromatic nitrogens is 1. The molecule has 0 saturated carbocycles. The molecule has 0 aliphatic carbocycles. The zero-order valence-corrected chi connectivity index (χ0v) is 8.07. The van der Waals surface area contributed by atoms with E-state index in [1.807, 2.05) is 13.8 Å². The maximum Gasteiger partial charge on any atom is 0.142 e. The first-order valence-electron chi connectivity index (χ1n) is 3.21. The van der Waals surface area contributed by atoms with Gasteiger partial charge in [0.1, 0.15) is 12.4 Å². The summed E-state index contributed by atoms with van der Waals surface area (Å²) in [7, 11) is 5.57. The number of pyridine rings is 1. The Balaban J connectivity index is 3.46. The van der Waals surface area contributed by atoms with Gasteiger partial charge in [-0.1, -0.05) is 0 Å². The Kier molecular flexibility index (Phi) is 2.23. The Bertz CT molecular complexity index is 273. The highest BCUT2D eigenvalue weighted by Crippen LogP contribution is 2.20. The van der Waals surface area contributed by atoms with Crippen LogP contribution in [0.5, 0.6) is 0 Å².